The maximum atomic E-state index is 12.4. The number of carbonyl (C=O) groups excluding carboxylic acids is 2. The number of nitrogens with zero attached hydrogens (tertiary/aromatic N) is 2. The summed E-state index contributed by atoms with van der Waals surface area (Å²) in [6.07, 6.45) is 5.03. The summed E-state index contributed by atoms with van der Waals surface area (Å²) in [5.74, 6) is 0.994. The molecule has 0 aromatic carbocycles. The summed E-state index contributed by atoms with van der Waals surface area (Å²) in [6, 6.07) is 2.11. The van der Waals surface area contributed by atoms with Gasteiger partial charge in [-0.3, -0.25) is 9.59 Å². The smallest absolute Gasteiger partial charge is 0.223 e. The predicted molar refractivity (Wildman–Crippen MR) is 108 cm³/mol. The molecule has 7 heteroatoms. The third-order valence-corrected chi connectivity index (χ3v) is 6.51. The molecule has 0 aliphatic carbocycles. The molecule has 0 unspecified atom stereocenters. The second-order valence-electron chi connectivity index (χ2n) is 7.15. The van der Waals surface area contributed by atoms with Crippen molar-refractivity contribution in [3.8, 4) is 0 Å². The lowest BCUT2D eigenvalue weighted by molar-refractivity contribution is -0.138. The maximum absolute atomic E-state index is 12.4. The van der Waals surface area contributed by atoms with Crippen LogP contribution >= 0.6 is 23.7 Å². The molecule has 3 rings (SSSR count). The van der Waals surface area contributed by atoms with Crippen molar-refractivity contribution in [2.45, 2.75) is 45.1 Å². The van der Waals surface area contributed by atoms with Gasteiger partial charge in [0.05, 0.1) is 0 Å². The van der Waals surface area contributed by atoms with E-state index in [9.17, 15) is 9.59 Å². The van der Waals surface area contributed by atoms with Gasteiger partial charge in [-0.05, 0) is 62.2 Å². The second-order valence-corrected chi connectivity index (χ2v) is 8.15. The van der Waals surface area contributed by atoms with Gasteiger partial charge < -0.3 is 15.1 Å². The normalized spacial score (nSPS) is 17.6. The van der Waals surface area contributed by atoms with Crippen LogP contribution in [0.1, 0.15) is 42.5 Å². The number of halogens is 1. The molecule has 0 spiro atoms. The number of likely N-dealkylation sites (tertiary alicyclic amines) is 1. The Balaban J connectivity index is 0.00000243. The number of thiophene rings is 1. The highest BCUT2D eigenvalue weighted by atomic mass is 35.5. The molecule has 1 saturated heterocycles. The molecular weight excluding hydrogens is 370 g/mol. The van der Waals surface area contributed by atoms with E-state index in [1.54, 1.807) is 11.3 Å². The molecule has 3 heterocycles. The Morgan fingerprint density at radius 1 is 1.15 bits per heavy atom. The lowest BCUT2D eigenvalue weighted by atomic mass is 9.93. The molecule has 0 saturated carbocycles. The third-order valence-electron chi connectivity index (χ3n) is 5.48. The van der Waals surface area contributed by atoms with E-state index < -0.39 is 0 Å². The van der Waals surface area contributed by atoms with E-state index in [4.69, 9.17) is 0 Å². The Labute approximate surface area is 166 Å². The van der Waals surface area contributed by atoms with Crippen LogP contribution in [0.4, 0.5) is 0 Å². The Morgan fingerprint density at radius 3 is 2.54 bits per heavy atom. The first kappa shape index (κ1) is 21.2. The molecule has 1 aromatic rings. The summed E-state index contributed by atoms with van der Waals surface area (Å²) in [5, 5.41) is 5.29. The van der Waals surface area contributed by atoms with Crippen molar-refractivity contribution in [3.63, 3.8) is 0 Å². The first-order valence-corrected chi connectivity index (χ1v) is 10.3. The van der Waals surface area contributed by atoms with Crippen LogP contribution in [0.15, 0.2) is 11.4 Å². The van der Waals surface area contributed by atoms with Crippen molar-refractivity contribution < 1.29 is 9.59 Å². The fraction of sp³-hybridized carbons (Fsp3) is 0.684. The molecule has 0 radical (unpaired) electrons. The molecule has 0 bridgehead atoms. The van der Waals surface area contributed by atoms with Gasteiger partial charge in [0, 0.05) is 43.9 Å². The van der Waals surface area contributed by atoms with Gasteiger partial charge in [-0.25, -0.2) is 0 Å². The number of nitrogens with one attached hydrogen (secondary N) is 1. The number of rotatable bonds is 6. The number of piperidine rings is 1. The van der Waals surface area contributed by atoms with Crippen LogP contribution in [0.3, 0.4) is 0 Å². The number of hydrogen-bond donors (Lipinski definition) is 1. The molecule has 1 aromatic heterocycles. The summed E-state index contributed by atoms with van der Waals surface area (Å²) in [5.41, 5.74) is 1.28. The summed E-state index contributed by atoms with van der Waals surface area (Å²) in [7, 11) is 1.98. The van der Waals surface area contributed by atoms with E-state index >= 15 is 0 Å². The maximum Gasteiger partial charge on any atom is 0.223 e. The lowest BCUT2D eigenvalue weighted by Gasteiger charge is -2.32. The molecule has 2 amide bonds. The van der Waals surface area contributed by atoms with Crippen LogP contribution in [0, 0.1) is 5.92 Å². The number of amides is 2. The Morgan fingerprint density at radius 2 is 1.85 bits per heavy atom. The summed E-state index contributed by atoms with van der Waals surface area (Å²) in [4.78, 5) is 30.1. The highest BCUT2D eigenvalue weighted by Gasteiger charge is 2.25. The van der Waals surface area contributed by atoms with Crippen molar-refractivity contribution >= 4 is 35.6 Å². The van der Waals surface area contributed by atoms with Gasteiger partial charge in [0.15, 0.2) is 0 Å². The minimum Gasteiger partial charge on any atom is -0.343 e. The van der Waals surface area contributed by atoms with Crippen molar-refractivity contribution in [2.75, 3.05) is 33.2 Å². The Hall–Kier alpha value is -1.11. The van der Waals surface area contributed by atoms with Gasteiger partial charge in [-0.2, -0.15) is 0 Å². The van der Waals surface area contributed by atoms with E-state index in [-0.39, 0.29) is 24.2 Å². The zero-order chi connectivity index (χ0) is 17.6. The highest BCUT2D eigenvalue weighted by Crippen LogP contribution is 2.25. The van der Waals surface area contributed by atoms with Crippen molar-refractivity contribution in [1.29, 1.82) is 0 Å². The van der Waals surface area contributed by atoms with Crippen molar-refractivity contribution in [3.05, 3.63) is 21.9 Å². The van der Waals surface area contributed by atoms with Gasteiger partial charge in [0.2, 0.25) is 11.8 Å². The Kier molecular flexibility index (Phi) is 8.38. The first-order valence-electron chi connectivity index (χ1n) is 9.42. The quantitative estimate of drug-likeness (QED) is 0.800. The molecule has 5 nitrogen and oxygen atoms in total. The highest BCUT2D eigenvalue weighted by molar-refractivity contribution is 7.10. The molecule has 26 heavy (non-hydrogen) atoms. The van der Waals surface area contributed by atoms with Gasteiger partial charge >= 0.3 is 0 Å². The zero-order valence-electron chi connectivity index (χ0n) is 15.5. The number of fused-ring (bicyclic) bond motifs is 1. The molecule has 1 N–H and O–H groups in total. The fourth-order valence-corrected chi connectivity index (χ4v) is 4.70. The van der Waals surface area contributed by atoms with Gasteiger partial charge in [0.25, 0.3) is 0 Å². The van der Waals surface area contributed by atoms with E-state index in [0.717, 1.165) is 51.4 Å². The molecular formula is C19H30ClN3O2S. The van der Waals surface area contributed by atoms with Crippen LogP contribution in [0.2, 0.25) is 0 Å². The second kappa shape index (κ2) is 10.3. The summed E-state index contributed by atoms with van der Waals surface area (Å²) >= 11 is 1.78. The standard InChI is InChI=1S/C19H29N3O2S.ClH/c1-20-9-4-15-5-10-21(11-6-15)18(23)2-3-19(24)22-12-7-17-16(14-22)8-13-25-17;/h8,13,15,20H,2-7,9-12,14H2,1H3;1H. The summed E-state index contributed by atoms with van der Waals surface area (Å²) < 4.78 is 0. The third kappa shape index (κ3) is 5.44. The SMILES string of the molecule is CNCCC1CCN(C(=O)CCC(=O)N2CCc3sccc3C2)CC1.Cl. The van der Waals surface area contributed by atoms with Gasteiger partial charge in [-0.15, -0.1) is 23.7 Å². The fourth-order valence-electron chi connectivity index (χ4n) is 3.81. The molecule has 2 aliphatic rings. The first-order chi connectivity index (χ1) is 12.2. The lowest BCUT2D eigenvalue weighted by Crippen LogP contribution is -2.40. The number of hydrogen-bond acceptors (Lipinski definition) is 4. The zero-order valence-corrected chi connectivity index (χ0v) is 17.2. The van der Waals surface area contributed by atoms with Gasteiger partial charge in [-0.1, -0.05) is 0 Å². The van der Waals surface area contributed by atoms with Crippen molar-refractivity contribution in [1.82, 2.24) is 15.1 Å². The topological polar surface area (TPSA) is 52.7 Å². The Bertz CT molecular complexity index is 599. The molecule has 1 fully saturated rings. The minimum atomic E-state index is 0. The summed E-state index contributed by atoms with van der Waals surface area (Å²) in [6.45, 7) is 4.25. The van der Waals surface area contributed by atoms with Crippen LogP contribution in [0.25, 0.3) is 0 Å². The molecule has 2 aliphatic heterocycles. The van der Waals surface area contributed by atoms with Crippen LogP contribution < -0.4 is 5.32 Å². The number of carbonyl (C=O) groups is 2. The molecule has 146 valence electrons. The predicted octanol–water partition coefficient (Wildman–Crippen LogP) is 2.68. The van der Waals surface area contributed by atoms with E-state index in [1.165, 1.54) is 16.9 Å². The van der Waals surface area contributed by atoms with Crippen LogP contribution in [-0.4, -0.2) is 54.8 Å². The van der Waals surface area contributed by atoms with E-state index in [0.29, 0.717) is 19.4 Å². The van der Waals surface area contributed by atoms with Crippen molar-refractivity contribution in [2.24, 2.45) is 5.92 Å². The monoisotopic (exact) mass is 399 g/mol. The average molecular weight is 400 g/mol. The van der Waals surface area contributed by atoms with Crippen LogP contribution in [0.5, 0.6) is 0 Å². The molecule has 0 atom stereocenters. The largest absolute Gasteiger partial charge is 0.343 e. The van der Waals surface area contributed by atoms with Crippen LogP contribution in [-0.2, 0) is 22.6 Å². The van der Waals surface area contributed by atoms with E-state index in [1.807, 2.05) is 16.8 Å². The average Bonchev–Trinajstić information content (AvgIpc) is 3.12. The van der Waals surface area contributed by atoms with E-state index in [2.05, 4.69) is 16.8 Å². The minimum absolute atomic E-state index is 0. The van der Waals surface area contributed by atoms with Gasteiger partial charge in [0.1, 0.15) is 0 Å².